The SMILES string of the molecule is c1ccc(N(c2ccc3c(c2)-c2ccccc2C3(c2ccccc2)c2ccccc2)c2ccccc2-c2cccc(-c3ccc4c(c3)-c3ccccc3C43c4ccc5ccccc5c4Oc4c3ccc3ccccc43)c2)cc1. The zero-order valence-corrected chi connectivity index (χ0v) is 42.6. The Kier molecular flexibility index (Phi) is 9.80. The van der Waals surface area contributed by atoms with Crippen molar-refractivity contribution in [2.75, 3.05) is 4.90 Å². The standard InChI is InChI=1S/C76H49NO/c1-4-25-55(26-5-1)75(56-27-6-2-7-28-56)66-36-17-14-35-63(66)65-49-58(42-46-68(65)75)77(57-29-8-3-9-30-57)72-38-19-16-31-59(72)54-24-20-23-52(47-54)53-41-43-69-64(48-53)62-34-15-18-37-67(62)76(69)70-44-39-50-21-10-12-32-60(50)73(70)78-74-61-33-13-11-22-51(61)40-45-71(74)76/h1-49H. The fourth-order valence-corrected chi connectivity index (χ4v) is 13.9. The Morgan fingerprint density at radius 1 is 0.256 bits per heavy atom. The van der Waals surface area contributed by atoms with Crippen LogP contribution in [0.5, 0.6) is 11.5 Å². The van der Waals surface area contributed by atoms with E-state index in [1.807, 2.05) is 0 Å². The first-order valence-electron chi connectivity index (χ1n) is 27.1. The largest absolute Gasteiger partial charge is 0.455 e. The van der Waals surface area contributed by atoms with Gasteiger partial charge >= 0.3 is 0 Å². The summed E-state index contributed by atoms with van der Waals surface area (Å²) < 4.78 is 7.22. The second kappa shape index (κ2) is 17.3. The van der Waals surface area contributed by atoms with Crippen molar-refractivity contribution in [1.82, 2.24) is 0 Å². The van der Waals surface area contributed by atoms with E-state index >= 15 is 0 Å². The molecule has 0 radical (unpaired) electrons. The lowest BCUT2D eigenvalue weighted by molar-refractivity contribution is 0.447. The van der Waals surface area contributed by atoms with Gasteiger partial charge in [0.15, 0.2) is 0 Å². The fourth-order valence-electron chi connectivity index (χ4n) is 13.9. The molecule has 1 aliphatic heterocycles. The van der Waals surface area contributed by atoms with Crippen LogP contribution in [0.15, 0.2) is 297 Å². The average Bonchev–Trinajstić information content (AvgIpc) is 3.15. The van der Waals surface area contributed by atoms with Crippen LogP contribution in [0.1, 0.15) is 44.5 Å². The third kappa shape index (κ3) is 6.26. The van der Waals surface area contributed by atoms with Gasteiger partial charge in [-0.05, 0) is 126 Å². The number of para-hydroxylation sites is 2. The number of hydrogen-bond donors (Lipinski definition) is 0. The Morgan fingerprint density at radius 3 is 1.37 bits per heavy atom. The van der Waals surface area contributed by atoms with Crippen molar-refractivity contribution in [3.8, 4) is 56.0 Å². The molecule has 0 saturated heterocycles. The summed E-state index contributed by atoms with van der Waals surface area (Å²) in [7, 11) is 0. The van der Waals surface area contributed by atoms with Crippen LogP contribution < -0.4 is 9.64 Å². The first-order chi connectivity index (χ1) is 38.7. The molecule has 78 heavy (non-hydrogen) atoms. The molecule has 0 saturated carbocycles. The lowest BCUT2D eigenvalue weighted by Crippen LogP contribution is -2.32. The van der Waals surface area contributed by atoms with E-state index < -0.39 is 10.8 Å². The first-order valence-corrected chi connectivity index (χ1v) is 27.1. The van der Waals surface area contributed by atoms with Gasteiger partial charge in [0.25, 0.3) is 0 Å². The van der Waals surface area contributed by atoms with Gasteiger partial charge in [-0.3, -0.25) is 0 Å². The molecule has 16 rings (SSSR count). The Balaban J connectivity index is 0.848. The number of ether oxygens (including phenoxy) is 1. The summed E-state index contributed by atoms with van der Waals surface area (Å²) in [6, 6.07) is 110. The Hall–Kier alpha value is -10.0. The van der Waals surface area contributed by atoms with E-state index in [4.69, 9.17) is 4.74 Å². The molecule has 0 atom stereocenters. The molecule has 0 amide bonds. The van der Waals surface area contributed by atoms with Gasteiger partial charge in [0.2, 0.25) is 0 Å². The van der Waals surface area contributed by atoms with Crippen molar-refractivity contribution in [1.29, 1.82) is 0 Å². The minimum atomic E-state index is -0.604. The number of rotatable bonds is 7. The smallest absolute Gasteiger partial charge is 0.140 e. The molecule has 1 heterocycles. The number of benzene rings is 13. The van der Waals surface area contributed by atoms with E-state index in [1.165, 1.54) is 72.3 Å². The minimum absolute atomic E-state index is 0.479. The van der Waals surface area contributed by atoms with Gasteiger partial charge in [0, 0.05) is 38.8 Å². The summed E-state index contributed by atoms with van der Waals surface area (Å²) >= 11 is 0. The van der Waals surface area contributed by atoms with Gasteiger partial charge in [0.1, 0.15) is 11.5 Å². The zero-order valence-electron chi connectivity index (χ0n) is 42.6. The highest BCUT2D eigenvalue weighted by atomic mass is 16.5. The predicted octanol–water partition coefficient (Wildman–Crippen LogP) is 19.6. The van der Waals surface area contributed by atoms with Crippen molar-refractivity contribution in [3.63, 3.8) is 0 Å². The summed E-state index contributed by atoms with van der Waals surface area (Å²) in [6.45, 7) is 0. The van der Waals surface area contributed by atoms with Gasteiger partial charge in [0.05, 0.1) is 16.5 Å². The topological polar surface area (TPSA) is 12.5 Å². The van der Waals surface area contributed by atoms with Gasteiger partial charge in [-0.2, -0.15) is 0 Å². The summed E-state index contributed by atoms with van der Waals surface area (Å²) in [5, 5.41) is 4.57. The summed E-state index contributed by atoms with van der Waals surface area (Å²) in [5.74, 6) is 1.86. The van der Waals surface area contributed by atoms with Gasteiger partial charge in [-0.1, -0.05) is 255 Å². The van der Waals surface area contributed by atoms with E-state index in [9.17, 15) is 0 Å². The number of fused-ring (bicyclic) bond motifs is 16. The molecule has 0 fully saturated rings. The molecule has 0 aromatic heterocycles. The molecule has 13 aromatic rings. The van der Waals surface area contributed by atoms with Crippen LogP contribution in [0, 0.1) is 0 Å². The quantitative estimate of drug-likeness (QED) is 0.158. The Bertz CT molecular complexity index is 4410. The average molecular weight is 992 g/mol. The molecule has 0 bridgehead atoms. The van der Waals surface area contributed by atoms with Crippen molar-refractivity contribution >= 4 is 38.6 Å². The van der Waals surface area contributed by atoms with Crippen molar-refractivity contribution < 1.29 is 4.74 Å². The van der Waals surface area contributed by atoms with Crippen LogP contribution in [0.4, 0.5) is 17.1 Å². The van der Waals surface area contributed by atoms with Gasteiger partial charge in [-0.25, -0.2) is 0 Å². The third-order valence-electron chi connectivity index (χ3n) is 17.2. The minimum Gasteiger partial charge on any atom is -0.455 e. The molecular weight excluding hydrogens is 943 g/mol. The van der Waals surface area contributed by atoms with Crippen LogP contribution in [0.25, 0.3) is 66.1 Å². The second-order valence-electron chi connectivity index (χ2n) is 21.0. The predicted molar refractivity (Wildman–Crippen MR) is 322 cm³/mol. The highest BCUT2D eigenvalue weighted by Crippen LogP contribution is 2.64. The maximum absolute atomic E-state index is 7.22. The van der Waals surface area contributed by atoms with E-state index in [0.29, 0.717) is 0 Å². The Morgan fingerprint density at radius 2 is 0.718 bits per heavy atom. The van der Waals surface area contributed by atoms with E-state index in [1.54, 1.807) is 0 Å². The van der Waals surface area contributed by atoms with Gasteiger partial charge in [-0.15, -0.1) is 0 Å². The van der Waals surface area contributed by atoms with E-state index in [0.717, 1.165) is 66.8 Å². The molecule has 1 spiro atoms. The molecule has 2 aliphatic carbocycles. The zero-order chi connectivity index (χ0) is 51.4. The molecule has 2 heteroatoms. The first kappa shape index (κ1) is 44.3. The number of anilines is 3. The fraction of sp³-hybridized carbons (Fsp3) is 0.0263. The molecule has 13 aromatic carbocycles. The summed E-state index contributed by atoms with van der Waals surface area (Å²) in [6.07, 6.45) is 0. The molecule has 2 nitrogen and oxygen atoms in total. The van der Waals surface area contributed by atoms with Crippen molar-refractivity contribution in [3.05, 3.63) is 342 Å². The Labute approximate surface area is 454 Å². The summed E-state index contributed by atoms with van der Waals surface area (Å²) in [5.41, 5.74) is 21.8. The maximum Gasteiger partial charge on any atom is 0.140 e. The maximum atomic E-state index is 7.22. The number of hydrogen-bond acceptors (Lipinski definition) is 2. The molecular formula is C76H49NO. The van der Waals surface area contributed by atoms with Crippen LogP contribution in [0.2, 0.25) is 0 Å². The molecule has 0 unspecified atom stereocenters. The van der Waals surface area contributed by atoms with Crippen molar-refractivity contribution in [2.24, 2.45) is 0 Å². The third-order valence-corrected chi connectivity index (χ3v) is 17.2. The van der Waals surface area contributed by atoms with E-state index in [-0.39, 0.29) is 0 Å². The van der Waals surface area contributed by atoms with Crippen molar-refractivity contribution in [2.45, 2.75) is 10.8 Å². The summed E-state index contributed by atoms with van der Waals surface area (Å²) in [4.78, 5) is 2.44. The van der Waals surface area contributed by atoms with Crippen LogP contribution >= 0.6 is 0 Å². The normalized spacial score (nSPS) is 13.7. The lowest BCUT2D eigenvalue weighted by atomic mass is 9.65. The highest BCUT2D eigenvalue weighted by Gasteiger charge is 2.52. The molecule has 0 N–H and O–H groups in total. The molecule has 3 aliphatic rings. The van der Waals surface area contributed by atoms with Crippen LogP contribution in [0.3, 0.4) is 0 Å². The van der Waals surface area contributed by atoms with Gasteiger partial charge < -0.3 is 9.64 Å². The highest BCUT2D eigenvalue weighted by molar-refractivity contribution is 6.01. The van der Waals surface area contributed by atoms with E-state index in [2.05, 4.69) is 302 Å². The van der Waals surface area contributed by atoms with Crippen LogP contribution in [-0.2, 0) is 10.8 Å². The molecule has 364 valence electrons. The monoisotopic (exact) mass is 991 g/mol. The lowest BCUT2D eigenvalue weighted by Gasteiger charge is -2.40. The van der Waals surface area contributed by atoms with Crippen LogP contribution in [-0.4, -0.2) is 0 Å². The number of nitrogens with zero attached hydrogens (tertiary/aromatic N) is 1. The second-order valence-corrected chi connectivity index (χ2v) is 21.0.